The molecule has 2 aliphatic heterocycles. The van der Waals surface area contributed by atoms with Crippen molar-refractivity contribution in [3.8, 4) is 34.3 Å². The van der Waals surface area contributed by atoms with Gasteiger partial charge in [0.1, 0.15) is 17.7 Å². The molecular formula is C23H24FN5O3. The highest BCUT2D eigenvalue weighted by Crippen LogP contribution is 2.38. The molecule has 9 heteroatoms. The standard InChI is InChI=1S/C23H24FN5O3/c1-28-14-4-7-17(28)22(24)19(12-14)32-20-8-6-16(26-27-20)15-5-3-13(11-18(15)30)23-25-10-9-21(31)29(23)2/h3,5-6,8-11,14,17,19,22,30H,4,7,12H2,1-2H3/t14?,17?,19-,22-/m1/s1. The Labute approximate surface area is 184 Å². The van der Waals surface area contributed by atoms with Crippen LogP contribution in [0.5, 0.6) is 11.6 Å². The highest BCUT2D eigenvalue weighted by atomic mass is 19.1. The van der Waals surface area contributed by atoms with Crippen LogP contribution >= 0.6 is 0 Å². The number of phenols is 1. The van der Waals surface area contributed by atoms with Crippen LogP contribution in [0.4, 0.5) is 4.39 Å². The number of hydrogen-bond acceptors (Lipinski definition) is 7. The van der Waals surface area contributed by atoms with Crippen molar-refractivity contribution in [3.63, 3.8) is 0 Å². The fourth-order valence-electron chi connectivity index (χ4n) is 4.78. The smallest absolute Gasteiger partial charge is 0.253 e. The van der Waals surface area contributed by atoms with Crippen molar-refractivity contribution in [2.45, 2.75) is 43.6 Å². The lowest BCUT2D eigenvalue weighted by Gasteiger charge is -2.38. The first kappa shape index (κ1) is 20.6. The van der Waals surface area contributed by atoms with Crippen molar-refractivity contribution < 1.29 is 14.2 Å². The zero-order valence-corrected chi connectivity index (χ0v) is 17.8. The van der Waals surface area contributed by atoms with E-state index in [0.29, 0.717) is 35.1 Å². The van der Waals surface area contributed by atoms with Gasteiger partial charge in [0.05, 0.1) is 5.69 Å². The number of halogens is 1. The van der Waals surface area contributed by atoms with E-state index in [1.165, 1.54) is 22.9 Å². The Balaban J connectivity index is 1.34. The largest absolute Gasteiger partial charge is 0.507 e. The number of phenolic OH excluding ortho intramolecular Hbond substituents is 1. The molecule has 0 radical (unpaired) electrons. The van der Waals surface area contributed by atoms with Gasteiger partial charge in [0.2, 0.25) is 5.88 Å². The first-order chi connectivity index (χ1) is 15.4. The van der Waals surface area contributed by atoms with Gasteiger partial charge in [-0.25, -0.2) is 9.37 Å². The molecule has 5 rings (SSSR count). The van der Waals surface area contributed by atoms with Crippen molar-refractivity contribution >= 4 is 0 Å². The van der Waals surface area contributed by atoms with E-state index in [4.69, 9.17) is 4.74 Å². The number of alkyl halides is 1. The number of hydrogen-bond donors (Lipinski definition) is 1. The van der Waals surface area contributed by atoms with E-state index < -0.39 is 12.3 Å². The molecular weight excluding hydrogens is 413 g/mol. The number of rotatable bonds is 4. The van der Waals surface area contributed by atoms with Gasteiger partial charge in [0, 0.05) is 55.0 Å². The van der Waals surface area contributed by atoms with Crippen LogP contribution in [-0.4, -0.2) is 61.2 Å². The summed E-state index contributed by atoms with van der Waals surface area (Å²) in [6.45, 7) is 0. The van der Waals surface area contributed by atoms with Crippen LogP contribution in [0.25, 0.3) is 22.6 Å². The molecule has 0 amide bonds. The zero-order valence-electron chi connectivity index (χ0n) is 17.8. The molecule has 0 aliphatic carbocycles. The van der Waals surface area contributed by atoms with E-state index in [9.17, 15) is 14.3 Å². The van der Waals surface area contributed by atoms with Gasteiger partial charge < -0.3 is 9.84 Å². The Morgan fingerprint density at radius 2 is 1.97 bits per heavy atom. The minimum Gasteiger partial charge on any atom is -0.507 e. The molecule has 2 unspecified atom stereocenters. The fourth-order valence-corrected chi connectivity index (χ4v) is 4.78. The van der Waals surface area contributed by atoms with Crippen LogP contribution in [-0.2, 0) is 7.05 Å². The summed E-state index contributed by atoms with van der Waals surface area (Å²) in [5, 5.41) is 18.8. The van der Waals surface area contributed by atoms with Crippen molar-refractivity contribution in [1.82, 2.24) is 24.6 Å². The van der Waals surface area contributed by atoms with E-state index in [1.807, 2.05) is 7.05 Å². The lowest BCUT2D eigenvalue weighted by Crippen LogP contribution is -2.52. The third-order valence-electron chi connectivity index (χ3n) is 6.63. The molecule has 0 saturated carbocycles. The second-order valence-electron chi connectivity index (χ2n) is 8.45. The lowest BCUT2D eigenvalue weighted by molar-refractivity contribution is -0.0134. The number of aromatic nitrogens is 4. The predicted octanol–water partition coefficient (Wildman–Crippen LogP) is 2.56. The van der Waals surface area contributed by atoms with Crippen LogP contribution in [0, 0.1) is 0 Å². The molecule has 1 N–H and O–H groups in total. The number of nitrogens with zero attached hydrogens (tertiary/aromatic N) is 5. The van der Waals surface area contributed by atoms with Gasteiger partial charge >= 0.3 is 0 Å². The number of benzene rings is 1. The third-order valence-corrected chi connectivity index (χ3v) is 6.63. The Hall–Kier alpha value is -3.33. The summed E-state index contributed by atoms with van der Waals surface area (Å²) in [7, 11) is 3.60. The van der Waals surface area contributed by atoms with Crippen molar-refractivity contribution in [2.75, 3.05) is 7.05 Å². The van der Waals surface area contributed by atoms with Crippen molar-refractivity contribution in [1.29, 1.82) is 0 Å². The summed E-state index contributed by atoms with van der Waals surface area (Å²) in [5.74, 6) is 0.700. The van der Waals surface area contributed by atoms with E-state index in [-0.39, 0.29) is 23.2 Å². The summed E-state index contributed by atoms with van der Waals surface area (Å²) in [4.78, 5) is 18.2. The van der Waals surface area contributed by atoms with Crippen LogP contribution in [0.15, 0.2) is 47.4 Å². The normalized spacial score (nSPS) is 25.1. The SMILES string of the molecule is CN1C2CCC1[C@@H](F)[C@H](Oc1ccc(-c3ccc(-c4nccc(=O)n4C)cc3O)nn1)C2. The van der Waals surface area contributed by atoms with Crippen molar-refractivity contribution in [3.05, 3.63) is 52.9 Å². The maximum Gasteiger partial charge on any atom is 0.253 e. The number of fused-ring (bicyclic) bond motifs is 2. The molecule has 2 aromatic heterocycles. The summed E-state index contributed by atoms with van der Waals surface area (Å²) in [6, 6.07) is 9.93. The average Bonchev–Trinajstić information content (AvgIpc) is 3.06. The molecule has 2 aliphatic rings. The van der Waals surface area contributed by atoms with Crippen LogP contribution < -0.4 is 10.3 Å². The molecule has 2 fully saturated rings. The zero-order chi connectivity index (χ0) is 22.4. The quantitative estimate of drug-likeness (QED) is 0.671. The number of aromatic hydroxyl groups is 1. The molecule has 166 valence electrons. The highest BCUT2D eigenvalue weighted by molar-refractivity contribution is 5.72. The number of piperidine rings is 1. The summed E-state index contributed by atoms with van der Waals surface area (Å²) in [5.41, 5.74) is 1.35. The lowest BCUT2D eigenvalue weighted by atomic mass is 9.98. The topological polar surface area (TPSA) is 93.4 Å². The van der Waals surface area contributed by atoms with Crippen LogP contribution in [0.1, 0.15) is 19.3 Å². The summed E-state index contributed by atoms with van der Waals surface area (Å²) < 4.78 is 22.1. The van der Waals surface area contributed by atoms with E-state index in [2.05, 4.69) is 20.1 Å². The van der Waals surface area contributed by atoms with Gasteiger partial charge in [-0.15, -0.1) is 10.2 Å². The Morgan fingerprint density at radius 3 is 2.72 bits per heavy atom. The maximum atomic E-state index is 14.8. The van der Waals surface area contributed by atoms with Gasteiger partial charge in [-0.2, -0.15) is 0 Å². The van der Waals surface area contributed by atoms with Gasteiger partial charge in [-0.3, -0.25) is 14.3 Å². The minimum atomic E-state index is -1.06. The fraction of sp³-hybridized carbons (Fsp3) is 0.391. The summed E-state index contributed by atoms with van der Waals surface area (Å²) in [6.07, 6.45) is 2.34. The van der Waals surface area contributed by atoms with Gasteiger partial charge in [-0.05, 0) is 38.1 Å². The average molecular weight is 437 g/mol. The first-order valence-electron chi connectivity index (χ1n) is 10.6. The van der Waals surface area contributed by atoms with Crippen LogP contribution in [0.3, 0.4) is 0 Å². The molecule has 2 bridgehead atoms. The molecule has 4 atom stereocenters. The second kappa shape index (κ2) is 7.98. The van der Waals surface area contributed by atoms with Gasteiger partial charge in [0.15, 0.2) is 6.17 Å². The Bertz CT molecular complexity index is 1200. The molecule has 8 nitrogen and oxygen atoms in total. The van der Waals surface area contributed by atoms with Gasteiger partial charge in [0.25, 0.3) is 5.56 Å². The minimum absolute atomic E-state index is 0.0146. The highest BCUT2D eigenvalue weighted by Gasteiger charge is 2.47. The van der Waals surface area contributed by atoms with Gasteiger partial charge in [-0.1, -0.05) is 6.07 Å². The molecule has 4 heterocycles. The monoisotopic (exact) mass is 437 g/mol. The van der Waals surface area contributed by atoms with Crippen molar-refractivity contribution in [2.24, 2.45) is 7.05 Å². The Kier molecular flexibility index (Phi) is 5.13. The summed E-state index contributed by atoms with van der Waals surface area (Å²) >= 11 is 0. The van der Waals surface area contributed by atoms with E-state index in [1.54, 1.807) is 31.3 Å². The molecule has 32 heavy (non-hydrogen) atoms. The molecule has 1 aromatic carbocycles. The maximum absolute atomic E-state index is 14.8. The third kappa shape index (κ3) is 3.52. The number of ether oxygens (including phenoxy) is 1. The molecule has 3 aromatic rings. The first-order valence-corrected chi connectivity index (χ1v) is 10.6. The van der Waals surface area contributed by atoms with E-state index in [0.717, 1.165) is 12.8 Å². The molecule has 2 saturated heterocycles. The predicted molar refractivity (Wildman–Crippen MR) is 116 cm³/mol. The van der Waals surface area contributed by atoms with Crippen LogP contribution in [0.2, 0.25) is 0 Å². The second-order valence-corrected chi connectivity index (χ2v) is 8.45. The molecule has 0 spiro atoms. The Morgan fingerprint density at radius 1 is 1.12 bits per heavy atom. The van der Waals surface area contributed by atoms with E-state index >= 15 is 0 Å².